The van der Waals surface area contributed by atoms with Crippen molar-refractivity contribution in [3.05, 3.63) is 41.5 Å². The average Bonchev–Trinajstić information content (AvgIpc) is 2.56. The zero-order valence-electron chi connectivity index (χ0n) is 13.7. The molecule has 0 radical (unpaired) electrons. The Kier molecular flexibility index (Phi) is 7.39. The number of hydrogen-bond acceptors (Lipinski definition) is 5. The second-order valence-electron chi connectivity index (χ2n) is 4.62. The molecular formula is C17H20N2O4. The van der Waals surface area contributed by atoms with Crippen molar-refractivity contribution in [3.63, 3.8) is 0 Å². The van der Waals surface area contributed by atoms with Crippen LogP contribution in [0.4, 0.5) is 0 Å². The normalized spacial score (nSPS) is 12.8. The first-order valence-electron chi connectivity index (χ1n) is 7.03. The molecular weight excluding hydrogens is 296 g/mol. The molecule has 23 heavy (non-hydrogen) atoms. The molecule has 1 aromatic rings. The van der Waals surface area contributed by atoms with Gasteiger partial charge in [-0.1, -0.05) is 35.5 Å². The van der Waals surface area contributed by atoms with Gasteiger partial charge in [0.05, 0.1) is 24.1 Å². The topological polar surface area (TPSA) is 77.3 Å². The van der Waals surface area contributed by atoms with E-state index in [0.717, 1.165) is 11.1 Å². The average molecular weight is 316 g/mol. The summed E-state index contributed by atoms with van der Waals surface area (Å²) < 4.78 is 4.79. The number of carbonyl (C=O) groups is 2. The Balaban J connectivity index is 2.95. The summed E-state index contributed by atoms with van der Waals surface area (Å²) in [5.41, 5.74) is 2.98. The van der Waals surface area contributed by atoms with Gasteiger partial charge in [0.15, 0.2) is 0 Å². The minimum absolute atomic E-state index is 0.177. The molecule has 0 bridgehead atoms. The second-order valence-corrected chi connectivity index (χ2v) is 4.62. The van der Waals surface area contributed by atoms with E-state index in [1.165, 1.54) is 7.11 Å². The van der Waals surface area contributed by atoms with E-state index in [1.54, 1.807) is 26.8 Å². The molecule has 1 rings (SSSR count). The van der Waals surface area contributed by atoms with Gasteiger partial charge in [-0.3, -0.25) is 4.79 Å². The van der Waals surface area contributed by atoms with Crippen molar-refractivity contribution >= 4 is 29.4 Å². The number of amides is 1. The fraction of sp³-hybridized carbons (Fsp3) is 0.294. The molecule has 0 N–H and O–H groups in total. The van der Waals surface area contributed by atoms with Crippen LogP contribution in [0, 0.1) is 0 Å². The van der Waals surface area contributed by atoms with Crippen molar-refractivity contribution in [2.24, 2.45) is 10.1 Å². The minimum atomic E-state index is -0.409. The lowest BCUT2D eigenvalue weighted by Gasteiger charge is -2.10. The van der Waals surface area contributed by atoms with Gasteiger partial charge in [-0.25, -0.2) is 9.79 Å². The fourth-order valence-corrected chi connectivity index (χ4v) is 1.84. The SMILES string of the molecule is C/C=C(/C(=O)OC)c1ccccc1CO/N=C(/C)C(C)=NC=O. The van der Waals surface area contributed by atoms with Crippen LogP contribution in [0.25, 0.3) is 5.57 Å². The second kappa shape index (κ2) is 9.30. The molecule has 0 fully saturated rings. The van der Waals surface area contributed by atoms with Gasteiger partial charge in [0.1, 0.15) is 6.61 Å². The summed E-state index contributed by atoms with van der Waals surface area (Å²) in [5.74, 6) is -0.409. The number of oxime groups is 1. The molecule has 0 spiro atoms. The minimum Gasteiger partial charge on any atom is -0.465 e. The van der Waals surface area contributed by atoms with Gasteiger partial charge in [-0.2, -0.15) is 0 Å². The van der Waals surface area contributed by atoms with E-state index in [2.05, 4.69) is 10.1 Å². The number of rotatable bonds is 7. The van der Waals surface area contributed by atoms with E-state index >= 15 is 0 Å². The van der Waals surface area contributed by atoms with Gasteiger partial charge in [0, 0.05) is 5.56 Å². The van der Waals surface area contributed by atoms with Crippen LogP contribution < -0.4 is 0 Å². The largest absolute Gasteiger partial charge is 0.465 e. The van der Waals surface area contributed by atoms with E-state index < -0.39 is 5.97 Å². The van der Waals surface area contributed by atoms with Crippen LogP contribution in [0.5, 0.6) is 0 Å². The maximum atomic E-state index is 11.8. The highest BCUT2D eigenvalue weighted by molar-refractivity contribution is 6.41. The monoisotopic (exact) mass is 316 g/mol. The molecule has 1 amide bonds. The molecule has 0 aliphatic heterocycles. The molecule has 0 saturated heterocycles. The standard InChI is InChI=1S/C17H20N2O4/c1-5-15(17(21)22-4)16-9-7-6-8-14(16)10-23-19-13(3)12(2)18-11-20/h5-9,11H,10H2,1-4H3/b15-5+,18-12?,19-13-. The van der Waals surface area contributed by atoms with Gasteiger partial charge >= 0.3 is 5.97 Å². The number of esters is 1. The van der Waals surface area contributed by atoms with Crippen molar-refractivity contribution in [1.82, 2.24) is 0 Å². The van der Waals surface area contributed by atoms with Gasteiger partial charge < -0.3 is 9.57 Å². The first-order chi connectivity index (χ1) is 11.0. The highest BCUT2D eigenvalue weighted by atomic mass is 16.6. The zero-order valence-corrected chi connectivity index (χ0v) is 13.7. The fourth-order valence-electron chi connectivity index (χ4n) is 1.84. The summed E-state index contributed by atoms with van der Waals surface area (Å²) in [4.78, 5) is 31.1. The highest BCUT2D eigenvalue weighted by Crippen LogP contribution is 2.21. The maximum Gasteiger partial charge on any atom is 0.338 e. The van der Waals surface area contributed by atoms with E-state index in [1.807, 2.05) is 24.3 Å². The molecule has 0 heterocycles. The Morgan fingerprint density at radius 3 is 2.52 bits per heavy atom. The van der Waals surface area contributed by atoms with E-state index in [-0.39, 0.29) is 6.61 Å². The van der Waals surface area contributed by atoms with Gasteiger partial charge in [0.2, 0.25) is 6.41 Å². The number of allylic oxidation sites excluding steroid dienone is 1. The van der Waals surface area contributed by atoms with Crippen LogP contribution >= 0.6 is 0 Å². The van der Waals surface area contributed by atoms with E-state index in [0.29, 0.717) is 23.4 Å². The molecule has 6 nitrogen and oxygen atoms in total. The number of methoxy groups -OCH3 is 1. The lowest BCUT2D eigenvalue weighted by molar-refractivity contribution is -0.133. The van der Waals surface area contributed by atoms with Crippen molar-refractivity contribution in [2.75, 3.05) is 7.11 Å². The van der Waals surface area contributed by atoms with Gasteiger partial charge in [-0.05, 0) is 26.3 Å². The smallest absolute Gasteiger partial charge is 0.338 e. The number of hydrogen-bond donors (Lipinski definition) is 0. The summed E-state index contributed by atoms with van der Waals surface area (Å²) in [6.07, 6.45) is 2.15. The van der Waals surface area contributed by atoms with Crippen LogP contribution in [0.15, 0.2) is 40.5 Å². The lowest BCUT2D eigenvalue weighted by atomic mass is 10.00. The number of nitrogens with zero attached hydrogens (tertiary/aromatic N) is 2. The van der Waals surface area contributed by atoms with Crippen LogP contribution in [0.2, 0.25) is 0 Å². The third-order valence-electron chi connectivity index (χ3n) is 3.19. The molecule has 0 aliphatic rings. The Bertz CT molecular complexity index is 660. The Labute approximate surface area is 135 Å². The molecule has 122 valence electrons. The Morgan fingerprint density at radius 1 is 1.22 bits per heavy atom. The third kappa shape index (κ3) is 5.18. The molecule has 1 aromatic carbocycles. The maximum absolute atomic E-state index is 11.8. The van der Waals surface area contributed by atoms with Crippen molar-refractivity contribution in [3.8, 4) is 0 Å². The summed E-state index contributed by atoms with van der Waals surface area (Å²) in [6.45, 7) is 5.31. The number of benzene rings is 1. The number of ether oxygens (including phenoxy) is 1. The third-order valence-corrected chi connectivity index (χ3v) is 3.19. The van der Waals surface area contributed by atoms with Crippen LogP contribution in [-0.2, 0) is 25.8 Å². The quantitative estimate of drug-likeness (QED) is 0.255. The molecule has 0 saturated carbocycles. The molecule has 0 aromatic heterocycles. The summed E-state index contributed by atoms with van der Waals surface area (Å²) in [7, 11) is 1.34. The Morgan fingerprint density at radius 2 is 1.91 bits per heavy atom. The van der Waals surface area contributed by atoms with Crippen LogP contribution in [0.1, 0.15) is 31.9 Å². The van der Waals surface area contributed by atoms with Crippen molar-refractivity contribution < 1.29 is 19.2 Å². The zero-order chi connectivity index (χ0) is 17.2. The summed E-state index contributed by atoms with van der Waals surface area (Å²) >= 11 is 0. The number of aliphatic imine (C=N–C) groups is 1. The molecule has 0 atom stereocenters. The first-order valence-corrected chi connectivity index (χ1v) is 7.03. The molecule has 0 unspecified atom stereocenters. The summed E-state index contributed by atoms with van der Waals surface area (Å²) in [5, 5.41) is 3.92. The van der Waals surface area contributed by atoms with Crippen molar-refractivity contribution in [1.29, 1.82) is 0 Å². The molecule has 6 heteroatoms. The first kappa shape index (κ1) is 18.3. The van der Waals surface area contributed by atoms with Gasteiger partial charge in [-0.15, -0.1) is 0 Å². The van der Waals surface area contributed by atoms with Gasteiger partial charge in [0.25, 0.3) is 0 Å². The predicted octanol–water partition coefficient (Wildman–Crippen LogP) is 2.77. The predicted molar refractivity (Wildman–Crippen MR) is 89.2 cm³/mol. The van der Waals surface area contributed by atoms with Crippen molar-refractivity contribution in [2.45, 2.75) is 27.4 Å². The summed E-state index contributed by atoms with van der Waals surface area (Å²) in [6, 6.07) is 7.35. The lowest BCUT2D eigenvalue weighted by Crippen LogP contribution is -2.08. The van der Waals surface area contributed by atoms with Crippen LogP contribution in [-0.4, -0.2) is 30.9 Å². The van der Waals surface area contributed by atoms with E-state index in [9.17, 15) is 9.59 Å². The van der Waals surface area contributed by atoms with E-state index in [4.69, 9.17) is 9.57 Å². The molecule has 0 aliphatic carbocycles. The number of carbonyl (C=O) groups excluding carboxylic acids is 2. The van der Waals surface area contributed by atoms with Crippen LogP contribution in [0.3, 0.4) is 0 Å². The highest BCUT2D eigenvalue weighted by Gasteiger charge is 2.15. The Hall–Kier alpha value is -2.76.